The van der Waals surface area contributed by atoms with Crippen molar-refractivity contribution in [1.29, 1.82) is 0 Å². The number of pyridine rings is 1. The van der Waals surface area contributed by atoms with Crippen molar-refractivity contribution >= 4 is 28.3 Å². The van der Waals surface area contributed by atoms with Crippen LogP contribution >= 0.6 is 22.6 Å². The maximum atomic E-state index is 12.4. The molecule has 15 heavy (non-hydrogen) atoms. The first-order valence-corrected chi connectivity index (χ1v) is 4.72. The van der Waals surface area contributed by atoms with E-state index in [1.807, 2.05) is 0 Å². The second kappa shape index (κ2) is 4.64. The highest BCUT2D eigenvalue weighted by atomic mass is 127. The minimum absolute atomic E-state index is 0.00921. The summed E-state index contributed by atoms with van der Waals surface area (Å²) in [5.41, 5.74) is -1.03. The van der Waals surface area contributed by atoms with Crippen LogP contribution in [-0.4, -0.2) is 17.0 Å². The highest BCUT2D eigenvalue weighted by Crippen LogP contribution is 2.32. The Hall–Kier alpha value is -1.06. The number of aromatic nitrogens is 1. The molecule has 0 spiro atoms. The van der Waals surface area contributed by atoms with Gasteiger partial charge in [0.2, 0.25) is 0 Å². The molecule has 1 heterocycles. The van der Waals surface area contributed by atoms with E-state index >= 15 is 0 Å². The third-order valence-electron chi connectivity index (χ3n) is 1.57. The molecular weight excluding hydrogens is 325 g/mol. The molecule has 0 aliphatic carbocycles. The predicted octanol–water partition coefficient (Wildman–Crippen LogP) is 2.54. The first kappa shape index (κ1) is 12.0. The SMILES string of the molecule is COc1nc(I)c(C(F)F)cc1[N+](=O)[O-]. The molecule has 0 aromatic carbocycles. The van der Waals surface area contributed by atoms with Crippen molar-refractivity contribution in [1.82, 2.24) is 4.98 Å². The summed E-state index contributed by atoms with van der Waals surface area (Å²) in [6.07, 6.45) is -2.80. The number of ether oxygens (including phenoxy) is 1. The maximum absolute atomic E-state index is 12.4. The van der Waals surface area contributed by atoms with Crippen LogP contribution in [-0.2, 0) is 0 Å². The predicted molar refractivity (Wildman–Crippen MR) is 55.1 cm³/mol. The van der Waals surface area contributed by atoms with E-state index in [0.717, 1.165) is 6.07 Å². The molecule has 8 heteroatoms. The summed E-state index contributed by atoms with van der Waals surface area (Å²) in [4.78, 5) is 13.3. The highest BCUT2D eigenvalue weighted by molar-refractivity contribution is 14.1. The van der Waals surface area contributed by atoms with Gasteiger partial charge in [0.05, 0.1) is 17.6 Å². The fraction of sp³-hybridized carbons (Fsp3) is 0.286. The Morgan fingerprint density at radius 1 is 1.67 bits per heavy atom. The number of nitrogens with zero attached hydrogens (tertiary/aromatic N) is 2. The number of alkyl halides is 2. The van der Waals surface area contributed by atoms with Crippen molar-refractivity contribution in [2.75, 3.05) is 7.11 Å². The normalized spacial score (nSPS) is 10.5. The van der Waals surface area contributed by atoms with E-state index < -0.39 is 22.6 Å². The molecule has 1 aromatic rings. The zero-order valence-corrected chi connectivity index (χ0v) is 9.57. The van der Waals surface area contributed by atoms with Crippen molar-refractivity contribution < 1.29 is 18.4 Å². The molecule has 0 saturated heterocycles. The van der Waals surface area contributed by atoms with Gasteiger partial charge in [0, 0.05) is 6.07 Å². The van der Waals surface area contributed by atoms with Crippen LogP contribution in [0.4, 0.5) is 14.5 Å². The first-order chi connectivity index (χ1) is 6.97. The van der Waals surface area contributed by atoms with Gasteiger partial charge in [-0.25, -0.2) is 13.8 Å². The van der Waals surface area contributed by atoms with Crippen LogP contribution in [0.5, 0.6) is 5.88 Å². The second-order valence-electron chi connectivity index (χ2n) is 2.45. The van der Waals surface area contributed by atoms with E-state index in [1.165, 1.54) is 7.11 Å². The fourth-order valence-corrected chi connectivity index (χ4v) is 1.52. The molecule has 1 aromatic heterocycles. The lowest BCUT2D eigenvalue weighted by Crippen LogP contribution is -2.01. The molecule has 0 aliphatic rings. The summed E-state index contributed by atoms with van der Waals surface area (Å²) in [7, 11) is 1.19. The summed E-state index contributed by atoms with van der Waals surface area (Å²) in [5, 5.41) is 10.5. The number of halogens is 3. The summed E-state index contributed by atoms with van der Waals surface area (Å²) < 4.78 is 29.4. The number of nitro groups is 1. The average Bonchev–Trinajstić information content (AvgIpc) is 2.16. The van der Waals surface area contributed by atoms with Gasteiger partial charge in [-0.1, -0.05) is 0 Å². The summed E-state index contributed by atoms with van der Waals surface area (Å²) in [6, 6.07) is 0.776. The Balaban J connectivity index is 3.37. The molecule has 1 rings (SSSR count). The van der Waals surface area contributed by atoms with Gasteiger partial charge in [-0.05, 0) is 22.6 Å². The van der Waals surface area contributed by atoms with Crippen LogP contribution in [0, 0.1) is 13.8 Å². The minimum atomic E-state index is -2.80. The molecule has 0 atom stereocenters. The molecule has 82 valence electrons. The zero-order chi connectivity index (χ0) is 11.6. The largest absolute Gasteiger partial charge is 0.476 e. The Kier molecular flexibility index (Phi) is 3.72. The van der Waals surface area contributed by atoms with E-state index in [0.29, 0.717) is 0 Å². The van der Waals surface area contributed by atoms with Crippen molar-refractivity contribution in [3.8, 4) is 5.88 Å². The van der Waals surface area contributed by atoms with Crippen LogP contribution in [0.1, 0.15) is 12.0 Å². The van der Waals surface area contributed by atoms with E-state index in [1.54, 1.807) is 22.6 Å². The van der Waals surface area contributed by atoms with Crippen LogP contribution < -0.4 is 4.74 Å². The Morgan fingerprint density at radius 3 is 2.67 bits per heavy atom. The average molecular weight is 330 g/mol. The molecule has 0 N–H and O–H groups in total. The van der Waals surface area contributed by atoms with Gasteiger partial charge in [0.15, 0.2) is 0 Å². The molecule has 0 radical (unpaired) electrons. The second-order valence-corrected chi connectivity index (χ2v) is 3.48. The van der Waals surface area contributed by atoms with E-state index in [4.69, 9.17) is 0 Å². The van der Waals surface area contributed by atoms with Crippen molar-refractivity contribution in [3.63, 3.8) is 0 Å². The van der Waals surface area contributed by atoms with Gasteiger partial charge in [-0.3, -0.25) is 10.1 Å². The summed E-state index contributed by atoms with van der Waals surface area (Å²) in [6.45, 7) is 0. The van der Waals surface area contributed by atoms with E-state index in [-0.39, 0.29) is 9.58 Å². The van der Waals surface area contributed by atoms with Gasteiger partial charge >= 0.3 is 5.69 Å². The van der Waals surface area contributed by atoms with Gasteiger partial charge in [-0.2, -0.15) is 0 Å². The summed E-state index contributed by atoms with van der Waals surface area (Å²) >= 11 is 1.57. The topological polar surface area (TPSA) is 65.3 Å². The van der Waals surface area contributed by atoms with Gasteiger partial charge in [0.1, 0.15) is 3.70 Å². The molecular formula is C7H5F2IN2O3. The highest BCUT2D eigenvalue weighted by Gasteiger charge is 2.23. The van der Waals surface area contributed by atoms with E-state index in [9.17, 15) is 18.9 Å². The number of rotatable bonds is 3. The molecule has 0 amide bonds. The van der Waals surface area contributed by atoms with Gasteiger partial charge in [0.25, 0.3) is 12.3 Å². The monoisotopic (exact) mass is 330 g/mol. The summed E-state index contributed by atoms with van der Waals surface area (Å²) in [5.74, 6) is -0.270. The van der Waals surface area contributed by atoms with Crippen molar-refractivity contribution in [2.45, 2.75) is 6.43 Å². The third-order valence-corrected chi connectivity index (χ3v) is 2.44. The standard InChI is InChI=1S/C7H5F2IN2O3/c1-15-7-4(12(13)14)2-3(5(8)9)6(10)11-7/h2,5H,1H3. The molecule has 0 unspecified atom stereocenters. The number of hydrogen-bond acceptors (Lipinski definition) is 4. The van der Waals surface area contributed by atoms with Crippen LogP contribution in [0.2, 0.25) is 0 Å². The Morgan fingerprint density at radius 2 is 2.27 bits per heavy atom. The quantitative estimate of drug-likeness (QED) is 0.370. The fourth-order valence-electron chi connectivity index (χ4n) is 0.914. The molecule has 0 bridgehead atoms. The van der Waals surface area contributed by atoms with Gasteiger partial charge < -0.3 is 4.74 Å². The van der Waals surface area contributed by atoms with Crippen molar-refractivity contribution in [2.24, 2.45) is 0 Å². The third kappa shape index (κ3) is 2.49. The molecule has 5 nitrogen and oxygen atoms in total. The van der Waals surface area contributed by atoms with Crippen LogP contribution in [0.15, 0.2) is 6.07 Å². The lowest BCUT2D eigenvalue weighted by Gasteiger charge is -2.05. The smallest absolute Gasteiger partial charge is 0.331 e. The Bertz CT molecular complexity index is 400. The van der Waals surface area contributed by atoms with Crippen LogP contribution in [0.25, 0.3) is 0 Å². The zero-order valence-electron chi connectivity index (χ0n) is 7.41. The minimum Gasteiger partial charge on any atom is -0.476 e. The number of methoxy groups -OCH3 is 1. The lowest BCUT2D eigenvalue weighted by molar-refractivity contribution is -0.386. The van der Waals surface area contributed by atoms with Gasteiger partial charge in [-0.15, -0.1) is 0 Å². The molecule has 0 aliphatic heterocycles. The van der Waals surface area contributed by atoms with E-state index in [2.05, 4.69) is 9.72 Å². The first-order valence-electron chi connectivity index (χ1n) is 3.64. The molecule has 0 saturated carbocycles. The lowest BCUT2D eigenvalue weighted by atomic mass is 10.2. The van der Waals surface area contributed by atoms with Crippen LogP contribution in [0.3, 0.4) is 0 Å². The molecule has 0 fully saturated rings. The maximum Gasteiger partial charge on any atom is 0.331 e. The Labute approximate surface area is 96.7 Å². The van der Waals surface area contributed by atoms with Crippen molar-refractivity contribution in [3.05, 3.63) is 25.4 Å². The number of hydrogen-bond donors (Lipinski definition) is 0.